The van der Waals surface area contributed by atoms with Gasteiger partial charge in [0.1, 0.15) is 0 Å². The Kier molecular flexibility index (Phi) is 6.56. The van der Waals surface area contributed by atoms with Gasteiger partial charge < -0.3 is 9.13 Å². The Morgan fingerprint density at radius 1 is 0.460 bits per heavy atom. The van der Waals surface area contributed by atoms with E-state index in [4.69, 9.17) is 6.57 Å². The van der Waals surface area contributed by atoms with Gasteiger partial charge in [-0.05, 0) is 89.5 Å². The van der Waals surface area contributed by atoms with Gasteiger partial charge in [-0.2, -0.15) is 10.5 Å². The summed E-state index contributed by atoms with van der Waals surface area (Å²) in [5.41, 5.74) is 11.8. The van der Waals surface area contributed by atoms with E-state index in [2.05, 4.69) is 98.9 Å². The molecule has 0 atom stereocenters. The maximum absolute atomic E-state index is 9.68. The molecule has 5 heteroatoms. The molecule has 0 N–H and O–H groups in total. The van der Waals surface area contributed by atoms with E-state index in [1.807, 2.05) is 78.9 Å². The molecule has 0 aliphatic heterocycles. The van der Waals surface area contributed by atoms with Crippen LogP contribution in [0.25, 0.3) is 82.1 Å². The first-order valence-electron chi connectivity index (χ1n) is 16.3. The second-order valence-corrected chi connectivity index (χ2v) is 12.3. The van der Waals surface area contributed by atoms with E-state index in [9.17, 15) is 10.5 Å². The summed E-state index contributed by atoms with van der Waals surface area (Å²) in [5.74, 6) is 0. The number of nitriles is 2. The number of rotatable bonds is 4. The lowest BCUT2D eigenvalue weighted by molar-refractivity contribution is 1.18. The molecule has 50 heavy (non-hydrogen) atoms. The summed E-state index contributed by atoms with van der Waals surface area (Å²) in [7, 11) is 0. The molecule has 0 aliphatic rings. The fraction of sp³-hybridized carbons (Fsp3) is 0. The van der Waals surface area contributed by atoms with Crippen LogP contribution in [0, 0.1) is 29.2 Å². The van der Waals surface area contributed by atoms with Crippen molar-refractivity contribution < 1.29 is 0 Å². The maximum atomic E-state index is 9.68. The average molecular weight is 636 g/mol. The van der Waals surface area contributed by atoms with Crippen LogP contribution < -0.4 is 0 Å². The second kappa shape index (κ2) is 11.4. The van der Waals surface area contributed by atoms with Crippen molar-refractivity contribution in [3.05, 3.63) is 174 Å². The van der Waals surface area contributed by atoms with Crippen molar-refractivity contribution in [2.24, 2.45) is 0 Å². The molecule has 0 fully saturated rings. The number of fused-ring (bicyclic) bond motifs is 6. The molecule has 0 radical (unpaired) electrons. The minimum atomic E-state index is 0.538. The monoisotopic (exact) mass is 635 g/mol. The van der Waals surface area contributed by atoms with Crippen LogP contribution in [-0.4, -0.2) is 9.13 Å². The van der Waals surface area contributed by atoms with Crippen LogP contribution in [0.4, 0.5) is 5.69 Å². The number of nitrogens with zero attached hydrogens (tertiary/aromatic N) is 5. The van der Waals surface area contributed by atoms with Gasteiger partial charge in [-0.1, -0.05) is 78.9 Å². The van der Waals surface area contributed by atoms with Gasteiger partial charge in [0.05, 0.1) is 57.6 Å². The summed E-state index contributed by atoms with van der Waals surface area (Å²) in [4.78, 5) is 3.92. The summed E-state index contributed by atoms with van der Waals surface area (Å²) >= 11 is 0. The SMILES string of the molecule is [C-]#[N+]c1cc(-c2ccccc2-c2ccccc2-n2c3ccccc3c3cc(C#N)ccc32)cc(-n2c3ccccc3c3cc(C#N)ccc32)c1. The standard InChI is InChI=1S/C45H25N5/c1-48-32-24-31(25-33(26-32)49-41-15-7-5-13-37(41)39-22-29(27-46)18-20-44(39)49)34-10-2-3-11-35(34)36-12-4-8-16-42(36)50-43-17-9-6-14-38(43)40-23-30(28-47)19-21-45(40)50/h2-26H. The van der Waals surface area contributed by atoms with E-state index < -0.39 is 0 Å². The van der Waals surface area contributed by atoms with Gasteiger partial charge in [0.25, 0.3) is 0 Å². The number of hydrogen-bond acceptors (Lipinski definition) is 2. The van der Waals surface area contributed by atoms with Crippen LogP contribution in [0.3, 0.4) is 0 Å². The van der Waals surface area contributed by atoms with Crippen LogP contribution in [0.5, 0.6) is 0 Å². The Balaban J connectivity index is 1.29. The third kappa shape index (κ3) is 4.38. The first-order valence-corrected chi connectivity index (χ1v) is 16.3. The Labute approximate surface area is 288 Å². The highest BCUT2D eigenvalue weighted by molar-refractivity contribution is 6.11. The van der Waals surface area contributed by atoms with Crippen LogP contribution in [-0.2, 0) is 0 Å². The Morgan fingerprint density at radius 3 is 1.62 bits per heavy atom. The highest BCUT2D eigenvalue weighted by atomic mass is 15.0. The molecule has 0 bridgehead atoms. The molecule has 0 saturated heterocycles. The van der Waals surface area contributed by atoms with Gasteiger partial charge in [-0.3, -0.25) is 0 Å². The van der Waals surface area contributed by atoms with Gasteiger partial charge in [0, 0.05) is 32.8 Å². The number of hydrogen-bond donors (Lipinski definition) is 0. The quantitative estimate of drug-likeness (QED) is 0.181. The van der Waals surface area contributed by atoms with Gasteiger partial charge in [0.15, 0.2) is 5.69 Å². The largest absolute Gasteiger partial charge is 0.310 e. The Morgan fingerprint density at radius 2 is 0.980 bits per heavy atom. The lowest BCUT2D eigenvalue weighted by atomic mass is 9.93. The molecule has 0 aliphatic carbocycles. The summed E-state index contributed by atoms with van der Waals surface area (Å²) in [6, 6.07) is 55.6. The molecular formula is C45H25N5. The predicted octanol–water partition coefficient (Wildman–Crippen LogP) is 11.5. The van der Waals surface area contributed by atoms with Crippen LogP contribution in [0.2, 0.25) is 0 Å². The van der Waals surface area contributed by atoms with E-state index >= 15 is 0 Å². The van der Waals surface area contributed by atoms with Crippen molar-refractivity contribution in [1.82, 2.24) is 9.13 Å². The first-order chi connectivity index (χ1) is 24.7. The molecule has 7 aromatic carbocycles. The zero-order chi connectivity index (χ0) is 33.8. The predicted molar refractivity (Wildman–Crippen MR) is 202 cm³/mol. The molecule has 2 heterocycles. The topological polar surface area (TPSA) is 61.8 Å². The highest BCUT2D eigenvalue weighted by Crippen LogP contribution is 2.42. The van der Waals surface area contributed by atoms with Crippen molar-refractivity contribution in [2.75, 3.05) is 0 Å². The van der Waals surface area contributed by atoms with Gasteiger partial charge in [-0.25, -0.2) is 4.85 Å². The molecule has 230 valence electrons. The lowest BCUT2D eigenvalue weighted by Crippen LogP contribution is -1.98. The van der Waals surface area contributed by atoms with Crippen molar-refractivity contribution in [3.8, 4) is 45.8 Å². The normalized spacial score (nSPS) is 11.1. The van der Waals surface area contributed by atoms with E-state index in [1.54, 1.807) is 0 Å². The van der Waals surface area contributed by atoms with Crippen LogP contribution >= 0.6 is 0 Å². The van der Waals surface area contributed by atoms with Crippen LogP contribution in [0.15, 0.2) is 152 Å². The van der Waals surface area contributed by atoms with Gasteiger partial charge in [0.2, 0.25) is 0 Å². The van der Waals surface area contributed by atoms with Crippen molar-refractivity contribution >= 4 is 49.3 Å². The smallest absolute Gasteiger partial charge is 0.189 e. The van der Waals surface area contributed by atoms with Crippen molar-refractivity contribution in [2.45, 2.75) is 0 Å². The van der Waals surface area contributed by atoms with E-state index in [1.165, 1.54) is 0 Å². The number of para-hydroxylation sites is 3. The fourth-order valence-electron chi connectivity index (χ4n) is 7.43. The first kappa shape index (κ1) is 28.8. The summed E-state index contributed by atoms with van der Waals surface area (Å²) in [5, 5.41) is 23.5. The second-order valence-electron chi connectivity index (χ2n) is 12.3. The molecule has 0 spiro atoms. The minimum Gasteiger partial charge on any atom is -0.310 e. The molecule has 0 unspecified atom stereocenters. The summed E-state index contributed by atoms with van der Waals surface area (Å²) in [6.07, 6.45) is 0. The molecule has 9 aromatic rings. The third-order valence-electron chi connectivity index (χ3n) is 9.57. The molecular weight excluding hydrogens is 611 g/mol. The molecule has 2 aromatic heterocycles. The van der Waals surface area contributed by atoms with E-state index in [0.29, 0.717) is 16.8 Å². The van der Waals surface area contributed by atoms with E-state index in [0.717, 1.165) is 77.2 Å². The minimum absolute atomic E-state index is 0.538. The molecule has 0 saturated carbocycles. The highest BCUT2D eigenvalue weighted by Gasteiger charge is 2.19. The lowest BCUT2D eigenvalue weighted by Gasteiger charge is -2.18. The van der Waals surface area contributed by atoms with Gasteiger partial charge >= 0.3 is 0 Å². The Hall–Kier alpha value is -7.39. The zero-order valence-corrected chi connectivity index (χ0v) is 26.7. The maximum Gasteiger partial charge on any atom is 0.189 e. The van der Waals surface area contributed by atoms with Crippen molar-refractivity contribution in [3.63, 3.8) is 0 Å². The summed E-state index contributed by atoms with van der Waals surface area (Å²) in [6.45, 7) is 8.09. The molecule has 9 rings (SSSR count). The molecule has 0 amide bonds. The van der Waals surface area contributed by atoms with Gasteiger partial charge in [-0.15, -0.1) is 0 Å². The van der Waals surface area contributed by atoms with Crippen LogP contribution in [0.1, 0.15) is 11.1 Å². The average Bonchev–Trinajstić information content (AvgIpc) is 3.69. The zero-order valence-electron chi connectivity index (χ0n) is 26.7. The molecule has 5 nitrogen and oxygen atoms in total. The van der Waals surface area contributed by atoms with E-state index in [-0.39, 0.29) is 0 Å². The third-order valence-corrected chi connectivity index (χ3v) is 9.57. The van der Waals surface area contributed by atoms with Crippen molar-refractivity contribution in [1.29, 1.82) is 10.5 Å². The number of benzene rings is 7. The fourth-order valence-corrected chi connectivity index (χ4v) is 7.43. The Bertz CT molecular complexity index is 2970. The summed E-state index contributed by atoms with van der Waals surface area (Å²) < 4.78 is 4.47. The number of aromatic nitrogens is 2.